The lowest BCUT2D eigenvalue weighted by Crippen LogP contribution is -2.16. The average molecular weight is 469 g/mol. The van der Waals surface area contributed by atoms with Crippen LogP contribution in [0.4, 0.5) is 5.69 Å². The van der Waals surface area contributed by atoms with Crippen LogP contribution >= 0.6 is 23.2 Å². The molecular weight excluding hydrogens is 451 g/mol. The molecule has 1 amide bonds. The third-order valence-corrected chi connectivity index (χ3v) is 5.37. The lowest BCUT2D eigenvalue weighted by molar-refractivity contribution is 0.102. The molecule has 0 bridgehead atoms. The first kappa shape index (κ1) is 21.7. The molecule has 0 aliphatic heterocycles. The fourth-order valence-electron chi connectivity index (χ4n) is 3.24. The Labute approximate surface area is 193 Å². The van der Waals surface area contributed by atoms with Crippen molar-refractivity contribution in [1.82, 2.24) is 14.8 Å². The Morgan fingerprint density at radius 3 is 2.47 bits per heavy atom. The fourth-order valence-corrected chi connectivity index (χ4v) is 3.80. The van der Waals surface area contributed by atoms with Crippen molar-refractivity contribution in [1.29, 1.82) is 0 Å². The molecule has 0 radical (unpaired) electrons. The largest absolute Gasteiger partial charge is 0.496 e. The van der Waals surface area contributed by atoms with E-state index in [-0.39, 0.29) is 17.4 Å². The Hall–Kier alpha value is -3.55. The first-order valence-corrected chi connectivity index (χ1v) is 10.3. The van der Waals surface area contributed by atoms with Gasteiger partial charge in [-0.25, -0.2) is 4.79 Å². The standard InChI is InChI=1S/C23H18Cl2N4O3/c1-13-5-3-6-15(11-13)26-22(30)16-10-9-14(12-19(16)32-2)21-27-23(31)29(28-21)20-17(24)7-4-8-18(20)25/h3-12H,1-2H3,(H,26,30)(H,27,28,31). The fraction of sp³-hybridized carbons (Fsp3) is 0.0870. The first-order valence-electron chi connectivity index (χ1n) is 9.57. The molecule has 0 unspecified atom stereocenters. The van der Waals surface area contributed by atoms with Gasteiger partial charge in [0, 0.05) is 11.3 Å². The number of carbonyl (C=O) groups is 1. The SMILES string of the molecule is COc1cc(-c2nn(-c3c(Cl)cccc3Cl)c(=O)[nH]2)ccc1C(=O)Nc1cccc(C)c1. The van der Waals surface area contributed by atoms with Crippen molar-refractivity contribution in [3.05, 3.63) is 92.3 Å². The molecule has 0 fully saturated rings. The van der Waals surface area contributed by atoms with Crippen molar-refractivity contribution >= 4 is 34.8 Å². The van der Waals surface area contributed by atoms with Crippen molar-refractivity contribution < 1.29 is 9.53 Å². The van der Waals surface area contributed by atoms with E-state index < -0.39 is 5.69 Å². The number of methoxy groups -OCH3 is 1. The smallest absolute Gasteiger partial charge is 0.348 e. The van der Waals surface area contributed by atoms with Gasteiger partial charge >= 0.3 is 5.69 Å². The summed E-state index contributed by atoms with van der Waals surface area (Å²) in [6.45, 7) is 1.95. The van der Waals surface area contributed by atoms with Crippen LogP contribution in [0.2, 0.25) is 10.0 Å². The summed E-state index contributed by atoms with van der Waals surface area (Å²) < 4.78 is 6.52. The van der Waals surface area contributed by atoms with Crippen LogP contribution in [0.3, 0.4) is 0 Å². The second kappa shape index (κ2) is 8.90. The average Bonchev–Trinajstić information content (AvgIpc) is 3.14. The van der Waals surface area contributed by atoms with Gasteiger partial charge in [-0.2, -0.15) is 4.68 Å². The van der Waals surface area contributed by atoms with E-state index in [1.807, 2.05) is 31.2 Å². The Morgan fingerprint density at radius 1 is 1.06 bits per heavy atom. The van der Waals surface area contributed by atoms with Crippen LogP contribution in [0.1, 0.15) is 15.9 Å². The minimum absolute atomic E-state index is 0.273. The highest BCUT2D eigenvalue weighted by Gasteiger charge is 2.18. The topological polar surface area (TPSA) is 89.0 Å². The highest BCUT2D eigenvalue weighted by molar-refractivity contribution is 6.37. The summed E-state index contributed by atoms with van der Waals surface area (Å²) in [6.07, 6.45) is 0. The van der Waals surface area contributed by atoms with E-state index in [4.69, 9.17) is 27.9 Å². The van der Waals surface area contributed by atoms with Gasteiger partial charge in [-0.1, -0.05) is 47.5 Å². The lowest BCUT2D eigenvalue weighted by Gasteiger charge is -2.11. The number of ether oxygens (including phenoxy) is 1. The summed E-state index contributed by atoms with van der Waals surface area (Å²) in [6, 6.07) is 17.3. The van der Waals surface area contributed by atoms with Crippen molar-refractivity contribution in [2.45, 2.75) is 6.92 Å². The van der Waals surface area contributed by atoms with Gasteiger partial charge in [0.2, 0.25) is 0 Å². The van der Waals surface area contributed by atoms with Crippen molar-refractivity contribution in [3.63, 3.8) is 0 Å². The number of carbonyl (C=O) groups excluding carboxylic acids is 1. The Morgan fingerprint density at radius 2 is 1.78 bits per heavy atom. The van der Waals surface area contributed by atoms with Gasteiger partial charge < -0.3 is 10.1 Å². The number of aromatic amines is 1. The zero-order valence-corrected chi connectivity index (χ0v) is 18.7. The van der Waals surface area contributed by atoms with Gasteiger partial charge in [0.1, 0.15) is 11.4 Å². The molecule has 2 N–H and O–H groups in total. The number of aromatic nitrogens is 3. The van der Waals surface area contributed by atoms with Gasteiger partial charge in [-0.3, -0.25) is 9.78 Å². The molecule has 0 aliphatic rings. The molecule has 162 valence electrons. The number of nitrogens with one attached hydrogen (secondary N) is 2. The molecule has 0 saturated carbocycles. The zero-order valence-electron chi connectivity index (χ0n) is 17.1. The normalized spacial score (nSPS) is 10.8. The monoisotopic (exact) mass is 468 g/mol. The minimum atomic E-state index is -0.504. The third kappa shape index (κ3) is 4.26. The minimum Gasteiger partial charge on any atom is -0.496 e. The van der Waals surface area contributed by atoms with Gasteiger partial charge in [-0.15, -0.1) is 5.10 Å². The summed E-state index contributed by atoms with van der Waals surface area (Å²) in [7, 11) is 1.47. The van der Waals surface area contributed by atoms with E-state index in [9.17, 15) is 9.59 Å². The molecule has 1 aromatic heterocycles. The van der Waals surface area contributed by atoms with Gasteiger partial charge in [0.15, 0.2) is 5.82 Å². The summed E-state index contributed by atoms with van der Waals surface area (Å²) in [5.41, 5.74) is 2.38. The molecule has 4 rings (SSSR count). The Bertz CT molecular complexity index is 1360. The molecule has 0 saturated heterocycles. The number of halogens is 2. The van der Waals surface area contributed by atoms with Crippen LogP contribution in [-0.2, 0) is 0 Å². The van der Waals surface area contributed by atoms with Crippen LogP contribution in [0.25, 0.3) is 17.1 Å². The van der Waals surface area contributed by atoms with Gasteiger partial charge in [0.05, 0.1) is 22.7 Å². The van der Waals surface area contributed by atoms with E-state index in [2.05, 4.69) is 15.4 Å². The Kier molecular flexibility index (Phi) is 6.03. The number of aryl methyl sites for hydroxylation is 1. The third-order valence-electron chi connectivity index (χ3n) is 4.76. The number of H-pyrrole nitrogens is 1. The highest BCUT2D eigenvalue weighted by atomic mass is 35.5. The van der Waals surface area contributed by atoms with E-state index >= 15 is 0 Å². The number of hydrogen-bond acceptors (Lipinski definition) is 4. The number of rotatable bonds is 5. The number of amides is 1. The first-order chi connectivity index (χ1) is 15.4. The van der Waals surface area contributed by atoms with Crippen molar-refractivity contribution in [3.8, 4) is 22.8 Å². The highest BCUT2D eigenvalue weighted by Crippen LogP contribution is 2.29. The second-order valence-corrected chi connectivity index (χ2v) is 7.81. The predicted octanol–water partition coefficient (Wildman–Crippen LogP) is 5.10. The quantitative estimate of drug-likeness (QED) is 0.426. The number of hydrogen-bond donors (Lipinski definition) is 2. The molecule has 9 heteroatoms. The number of para-hydroxylation sites is 1. The molecule has 7 nitrogen and oxygen atoms in total. The summed E-state index contributed by atoms with van der Waals surface area (Å²) in [4.78, 5) is 28.0. The van der Waals surface area contributed by atoms with Crippen molar-refractivity contribution in [2.75, 3.05) is 12.4 Å². The molecule has 1 heterocycles. The van der Waals surface area contributed by atoms with E-state index in [0.717, 1.165) is 10.2 Å². The number of benzene rings is 3. The molecule has 0 aliphatic carbocycles. The summed E-state index contributed by atoms with van der Waals surface area (Å²) >= 11 is 12.4. The van der Waals surface area contributed by atoms with Crippen LogP contribution in [0.15, 0.2) is 65.5 Å². The van der Waals surface area contributed by atoms with E-state index in [0.29, 0.717) is 32.6 Å². The van der Waals surface area contributed by atoms with Gasteiger partial charge in [-0.05, 0) is 48.9 Å². The van der Waals surface area contributed by atoms with Crippen LogP contribution < -0.4 is 15.7 Å². The molecule has 0 spiro atoms. The van der Waals surface area contributed by atoms with Crippen LogP contribution in [0.5, 0.6) is 5.75 Å². The zero-order chi connectivity index (χ0) is 22.8. The second-order valence-electron chi connectivity index (χ2n) is 7.00. The number of anilines is 1. The lowest BCUT2D eigenvalue weighted by atomic mass is 10.1. The van der Waals surface area contributed by atoms with Crippen molar-refractivity contribution in [2.24, 2.45) is 0 Å². The Balaban J connectivity index is 1.68. The maximum atomic E-state index is 12.8. The van der Waals surface area contributed by atoms with E-state index in [1.54, 1.807) is 36.4 Å². The maximum Gasteiger partial charge on any atom is 0.348 e. The van der Waals surface area contributed by atoms with Crippen LogP contribution in [0, 0.1) is 6.92 Å². The molecule has 0 atom stereocenters. The summed E-state index contributed by atoms with van der Waals surface area (Å²) in [5.74, 6) is 0.287. The molecular formula is C23H18Cl2N4O3. The van der Waals surface area contributed by atoms with E-state index in [1.165, 1.54) is 7.11 Å². The van der Waals surface area contributed by atoms with Crippen LogP contribution in [-0.4, -0.2) is 27.8 Å². The predicted molar refractivity (Wildman–Crippen MR) is 125 cm³/mol. The summed E-state index contributed by atoms with van der Waals surface area (Å²) in [5, 5.41) is 7.76. The van der Waals surface area contributed by atoms with Gasteiger partial charge in [0.25, 0.3) is 5.91 Å². The molecule has 32 heavy (non-hydrogen) atoms. The maximum absolute atomic E-state index is 12.8. The molecule has 3 aromatic carbocycles. The number of nitrogens with zero attached hydrogens (tertiary/aromatic N) is 2. The molecule has 4 aromatic rings.